The highest BCUT2D eigenvalue weighted by molar-refractivity contribution is 5.70. The highest BCUT2D eigenvalue weighted by atomic mass is 16.5. The Kier molecular flexibility index (Phi) is 4.93. The van der Waals surface area contributed by atoms with Crippen LogP contribution in [0.2, 0.25) is 0 Å². The zero-order valence-corrected chi connectivity index (χ0v) is 11.3. The third-order valence-electron chi connectivity index (χ3n) is 3.62. The molecule has 1 aliphatic carbocycles. The molecule has 0 saturated heterocycles. The van der Waals surface area contributed by atoms with Gasteiger partial charge in [0.15, 0.2) is 0 Å². The number of hydrogen-bond acceptors (Lipinski definition) is 3. The summed E-state index contributed by atoms with van der Waals surface area (Å²) in [7, 11) is 1.97. The molecule has 0 aliphatic heterocycles. The summed E-state index contributed by atoms with van der Waals surface area (Å²) >= 11 is 0. The standard InChI is InChI=1S/C15H21NO3/c1-16-9-11-6-14(7-11)19-10-13-5-3-2-4-12(13)8-15(17)18/h2-5,11,14,16H,6-10H2,1H3,(H,17,18). The Hall–Kier alpha value is -1.39. The zero-order valence-electron chi connectivity index (χ0n) is 11.3. The Bertz CT molecular complexity index is 427. The van der Waals surface area contributed by atoms with Crippen molar-refractivity contribution in [2.24, 2.45) is 5.92 Å². The molecule has 0 amide bonds. The van der Waals surface area contributed by atoms with Crippen molar-refractivity contribution in [2.75, 3.05) is 13.6 Å². The van der Waals surface area contributed by atoms with E-state index in [0.29, 0.717) is 12.7 Å². The van der Waals surface area contributed by atoms with Crippen LogP contribution in [0.15, 0.2) is 24.3 Å². The molecule has 1 aliphatic rings. The number of carboxylic acid groups (broad SMARTS) is 1. The predicted octanol–water partition coefficient (Wildman–Crippen LogP) is 1.83. The van der Waals surface area contributed by atoms with E-state index in [1.54, 1.807) is 0 Å². The van der Waals surface area contributed by atoms with Crippen LogP contribution in [0.1, 0.15) is 24.0 Å². The van der Waals surface area contributed by atoms with Crippen molar-refractivity contribution in [3.05, 3.63) is 35.4 Å². The molecular weight excluding hydrogens is 242 g/mol. The topological polar surface area (TPSA) is 58.6 Å². The fourth-order valence-electron chi connectivity index (χ4n) is 2.51. The number of benzene rings is 1. The van der Waals surface area contributed by atoms with E-state index < -0.39 is 5.97 Å². The lowest BCUT2D eigenvalue weighted by Crippen LogP contribution is -2.36. The average Bonchev–Trinajstić information content (AvgIpc) is 2.33. The van der Waals surface area contributed by atoms with Gasteiger partial charge in [-0.05, 0) is 43.5 Å². The van der Waals surface area contributed by atoms with E-state index in [1.165, 1.54) is 0 Å². The van der Waals surface area contributed by atoms with Gasteiger partial charge in [-0.1, -0.05) is 24.3 Å². The third kappa shape index (κ3) is 4.04. The Morgan fingerprint density at radius 3 is 2.68 bits per heavy atom. The molecule has 0 unspecified atom stereocenters. The second-order valence-corrected chi connectivity index (χ2v) is 5.17. The fourth-order valence-corrected chi connectivity index (χ4v) is 2.51. The summed E-state index contributed by atoms with van der Waals surface area (Å²) in [5.41, 5.74) is 1.84. The molecule has 0 aromatic heterocycles. The average molecular weight is 263 g/mol. The molecule has 0 atom stereocenters. The van der Waals surface area contributed by atoms with Crippen molar-refractivity contribution < 1.29 is 14.6 Å². The van der Waals surface area contributed by atoms with E-state index >= 15 is 0 Å². The van der Waals surface area contributed by atoms with Crippen molar-refractivity contribution >= 4 is 5.97 Å². The van der Waals surface area contributed by atoms with E-state index in [0.717, 1.165) is 36.4 Å². The predicted molar refractivity (Wildman–Crippen MR) is 73.0 cm³/mol. The molecule has 0 spiro atoms. The number of ether oxygens (including phenoxy) is 1. The Balaban J connectivity index is 1.81. The molecule has 19 heavy (non-hydrogen) atoms. The van der Waals surface area contributed by atoms with Gasteiger partial charge in [0.05, 0.1) is 19.1 Å². The van der Waals surface area contributed by atoms with Crippen LogP contribution in [0.4, 0.5) is 0 Å². The quantitative estimate of drug-likeness (QED) is 0.788. The van der Waals surface area contributed by atoms with Gasteiger partial charge in [-0.15, -0.1) is 0 Å². The summed E-state index contributed by atoms with van der Waals surface area (Å²) in [6.07, 6.45) is 2.59. The molecule has 1 fully saturated rings. The van der Waals surface area contributed by atoms with Crippen molar-refractivity contribution in [2.45, 2.75) is 32.0 Å². The van der Waals surface area contributed by atoms with Gasteiger partial charge in [0.25, 0.3) is 0 Å². The first-order chi connectivity index (χ1) is 9.19. The van der Waals surface area contributed by atoms with Gasteiger partial charge >= 0.3 is 5.97 Å². The maximum atomic E-state index is 10.8. The first-order valence-corrected chi connectivity index (χ1v) is 6.73. The van der Waals surface area contributed by atoms with Crippen LogP contribution >= 0.6 is 0 Å². The first-order valence-electron chi connectivity index (χ1n) is 6.73. The normalized spacial score (nSPS) is 21.9. The molecule has 4 nitrogen and oxygen atoms in total. The first kappa shape index (κ1) is 14.0. The molecule has 1 saturated carbocycles. The van der Waals surface area contributed by atoms with Crippen molar-refractivity contribution in [3.63, 3.8) is 0 Å². The number of carboxylic acids is 1. The van der Waals surface area contributed by atoms with Crippen LogP contribution in [-0.4, -0.2) is 30.8 Å². The summed E-state index contributed by atoms with van der Waals surface area (Å²) in [6.45, 7) is 1.57. The van der Waals surface area contributed by atoms with E-state index in [1.807, 2.05) is 31.3 Å². The third-order valence-corrected chi connectivity index (χ3v) is 3.62. The Labute approximate surface area is 113 Å². The molecule has 2 N–H and O–H groups in total. The monoisotopic (exact) mass is 263 g/mol. The second-order valence-electron chi connectivity index (χ2n) is 5.17. The van der Waals surface area contributed by atoms with Crippen molar-refractivity contribution in [3.8, 4) is 0 Å². The molecular formula is C15H21NO3. The number of aliphatic carboxylic acids is 1. The van der Waals surface area contributed by atoms with Crippen LogP contribution < -0.4 is 5.32 Å². The van der Waals surface area contributed by atoms with Gasteiger partial charge in [-0.25, -0.2) is 0 Å². The van der Waals surface area contributed by atoms with Crippen LogP contribution in [-0.2, 0) is 22.6 Å². The SMILES string of the molecule is CNCC1CC(OCc2ccccc2CC(=O)O)C1. The van der Waals surface area contributed by atoms with Crippen LogP contribution in [0.5, 0.6) is 0 Å². The molecule has 0 bridgehead atoms. The molecule has 104 valence electrons. The molecule has 4 heteroatoms. The van der Waals surface area contributed by atoms with E-state index in [9.17, 15) is 4.79 Å². The summed E-state index contributed by atoms with van der Waals surface area (Å²) in [5.74, 6) is -0.0746. The van der Waals surface area contributed by atoms with E-state index in [-0.39, 0.29) is 6.42 Å². The molecule has 2 rings (SSSR count). The van der Waals surface area contributed by atoms with Gasteiger partial charge in [0, 0.05) is 0 Å². The number of rotatable bonds is 7. The van der Waals surface area contributed by atoms with Gasteiger partial charge < -0.3 is 15.2 Å². The van der Waals surface area contributed by atoms with Gasteiger partial charge in [-0.2, -0.15) is 0 Å². The minimum absolute atomic E-state index is 0.0621. The molecule has 1 aromatic carbocycles. The van der Waals surface area contributed by atoms with Gasteiger partial charge in [0.1, 0.15) is 0 Å². The maximum Gasteiger partial charge on any atom is 0.307 e. The lowest BCUT2D eigenvalue weighted by Gasteiger charge is -2.35. The largest absolute Gasteiger partial charge is 0.481 e. The summed E-state index contributed by atoms with van der Waals surface area (Å²) in [5, 5.41) is 12.0. The fraction of sp³-hybridized carbons (Fsp3) is 0.533. The van der Waals surface area contributed by atoms with Crippen molar-refractivity contribution in [1.82, 2.24) is 5.32 Å². The van der Waals surface area contributed by atoms with Gasteiger partial charge in [0.2, 0.25) is 0 Å². The molecule has 1 aromatic rings. The highest BCUT2D eigenvalue weighted by Gasteiger charge is 2.29. The lowest BCUT2D eigenvalue weighted by molar-refractivity contribution is -0.136. The number of carbonyl (C=O) groups is 1. The van der Waals surface area contributed by atoms with Gasteiger partial charge in [-0.3, -0.25) is 4.79 Å². The smallest absolute Gasteiger partial charge is 0.307 e. The Morgan fingerprint density at radius 1 is 1.37 bits per heavy atom. The minimum atomic E-state index is -0.801. The summed E-state index contributed by atoms with van der Waals surface area (Å²) in [6, 6.07) is 7.60. The Morgan fingerprint density at radius 2 is 2.05 bits per heavy atom. The summed E-state index contributed by atoms with van der Waals surface area (Å²) in [4.78, 5) is 10.8. The number of nitrogens with one attached hydrogen (secondary N) is 1. The van der Waals surface area contributed by atoms with E-state index in [4.69, 9.17) is 9.84 Å². The maximum absolute atomic E-state index is 10.8. The molecule has 0 heterocycles. The van der Waals surface area contributed by atoms with E-state index in [2.05, 4.69) is 5.32 Å². The van der Waals surface area contributed by atoms with Crippen LogP contribution in [0, 0.1) is 5.92 Å². The minimum Gasteiger partial charge on any atom is -0.481 e. The summed E-state index contributed by atoms with van der Waals surface area (Å²) < 4.78 is 5.84. The second kappa shape index (κ2) is 6.68. The zero-order chi connectivity index (χ0) is 13.7. The van der Waals surface area contributed by atoms with Crippen LogP contribution in [0.3, 0.4) is 0 Å². The number of hydrogen-bond donors (Lipinski definition) is 2. The lowest BCUT2D eigenvalue weighted by atomic mass is 9.82. The molecule has 0 radical (unpaired) electrons. The highest BCUT2D eigenvalue weighted by Crippen LogP contribution is 2.30. The van der Waals surface area contributed by atoms with Crippen molar-refractivity contribution in [1.29, 1.82) is 0 Å². The van der Waals surface area contributed by atoms with Crippen LogP contribution in [0.25, 0.3) is 0 Å².